The van der Waals surface area contributed by atoms with Crippen molar-refractivity contribution in [3.05, 3.63) is 36.1 Å². The minimum Gasteiger partial charge on any atom is -0.459 e. The summed E-state index contributed by atoms with van der Waals surface area (Å²) < 4.78 is 5.77. The molecule has 0 saturated heterocycles. The average molecular weight is 309 g/mol. The van der Waals surface area contributed by atoms with E-state index in [1.807, 2.05) is 37.3 Å². The van der Waals surface area contributed by atoms with Crippen LogP contribution in [-0.2, 0) is 4.79 Å². The second kappa shape index (κ2) is 6.50. The van der Waals surface area contributed by atoms with E-state index < -0.39 is 0 Å². The molecule has 1 amide bonds. The Kier molecular flexibility index (Phi) is 4.91. The highest BCUT2D eigenvalue weighted by Crippen LogP contribution is 2.27. The van der Waals surface area contributed by atoms with Gasteiger partial charge >= 0.3 is 0 Å². The SMILES string of the molecule is CC(NC(=O)C1CCCC1N)c1cc2ccccc2o1.Cl. The van der Waals surface area contributed by atoms with Crippen LogP contribution in [0.3, 0.4) is 0 Å². The van der Waals surface area contributed by atoms with E-state index in [4.69, 9.17) is 10.2 Å². The molecule has 1 heterocycles. The van der Waals surface area contributed by atoms with Crippen molar-refractivity contribution in [2.45, 2.75) is 38.3 Å². The molecule has 0 bridgehead atoms. The van der Waals surface area contributed by atoms with E-state index in [1.165, 1.54) is 0 Å². The summed E-state index contributed by atoms with van der Waals surface area (Å²) in [7, 11) is 0. The Balaban J connectivity index is 0.00000161. The number of carbonyl (C=O) groups is 1. The fourth-order valence-electron chi connectivity index (χ4n) is 2.92. The molecule has 3 rings (SSSR count). The van der Waals surface area contributed by atoms with E-state index in [-0.39, 0.29) is 36.3 Å². The molecule has 0 spiro atoms. The van der Waals surface area contributed by atoms with E-state index in [0.29, 0.717) is 0 Å². The van der Waals surface area contributed by atoms with Crippen molar-refractivity contribution in [3.63, 3.8) is 0 Å². The van der Waals surface area contributed by atoms with Gasteiger partial charge in [0, 0.05) is 11.4 Å². The molecule has 1 aromatic heterocycles. The second-order valence-corrected chi connectivity index (χ2v) is 5.62. The molecule has 1 aliphatic carbocycles. The summed E-state index contributed by atoms with van der Waals surface area (Å²) in [4.78, 5) is 12.2. The number of nitrogens with one attached hydrogen (secondary N) is 1. The van der Waals surface area contributed by atoms with Crippen LogP contribution in [0.25, 0.3) is 11.0 Å². The van der Waals surface area contributed by atoms with Crippen molar-refractivity contribution < 1.29 is 9.21 Å². The first kappa shape index (κ1) is 15.9. The Labute approximate surface area is 130 Å². The number of carbonyl (C=O) groups excluding carboxylic acids is 1. The number of hydrogen-bond donors (Lipinski definition) is 2. The van der Waals surface area contributed by atoms with Gasteiger partial charge in [-0.15, -0.1) is 12.4 Å². The molecule has 3 N–H and O–H groups in total. The van der Waals surface area contributed by atoms with Crippen molar-refractivity contribution in [2.24, 2.45) is 11.7 Å². The topological polar surface area (TPSA) is 68.3 Å². The van der Waals surface area contributed by atoms with Gasteiger partial charge in [-0.3, -0.25) is 4.79 Å². The van der Waals surface area contributed by atoms with E-state index in [1.54, 1.807) is 0 Å². The number of furan rings is 1. The van der Waals surface area contributed by atoms with Crippen LogP contribution in [0.15, 0.2) is 34.7 Å². The summed E-state index contributed by atoms with van der Waals surface area (Å²) in [5.41, 5.74) is 6.82. The molecule has 1 saturated carbocycles. The molecule has 114 valence electrons. The zero-order valence-corrected chi connectivity index (χ0v) is 12.9. The largest absolute Gasteiger partial charge is 0.459 e. The Morgan fingerprint density at radius 2 is 2.14 bits per heavy atom. The number of halogens is 1. The van der Waals surface area contributed by atoms with Crippen LogP contribution < -0.4 is 11.1 Å². The van der Waals surface area contributed by atoms with Gasteiger partial charge in [-0.2, -0.15) is 0 Å². The quantitative estimate of drug-likeness (QED) is 0.915. The summed E-state index contributed by atoms with van der Waals surface area (Å²) >= 11 is 0. The number of para-hydroxylation sites is 1. The van der Waals surface area contributed by atoms with Gasteiger partial charge in [0.05, 0.1) is 12.0 Å². The molecule has 0 aliphatic heterocycles. The second-order valence-electron chi connectivity index (χ2n) is 5.62. The normalized spacial score (nSPS) is 22.8. The fraction of sp³-hybridized carbons (Fsp3) is 0.438. The monoisotopic (exact) mass is 308 g/mol. The van der Waals surface area contributed by atoms with Crippen molar-refractivity contribution >= 4 is 29.3 Å². The van der Waals surface area contributed by atoms with Gasteiger partial charge in [-0.25, -0.2) is 0 Å². The van der Waals surface area contributed by atoms with E-state index in [9.17, 15) is 4.79 Å². The number of nitrogens with two attached hydrogens (primary N) is 1. The lowest BCUT2D eigenvalue weighted by molar-refractivity contribution is -0.125. The predicted molar refractivity (Wildman–Crippen MR) is 85.3 cm³/mol. The van der Waals surface area contributed by atoms with E-state index in [0.717, 1.165) is 36.0 Å². The first-order valence-corrected chi connectivity index (χ1v) is 7.19. The Hall–Kier alpha value is -1.52. The number of rotatable bonds is 3. The van der Waals surface area contributed by atoms with Crippen LogP contribution in [0.4, 0.5) is 0 Å². The molecule has 4 nitrogen and oxygen atoms in total. The first-order chi connectivity index (χ1) is 9.65. The first-order valence-electron chi connectivity index (χ1n) is 7.19. The molecule has 2 aromatic rings. The molecule has 1 fully saturated rings. The van der Waals surface area contributed by atoms with Gasteiger partial charge in [0.15, 0.2) is 0 Å². The van der Waals surface area contributed by atoms with Crippen LogP contribution in [0, 0.1) is 5.92 Å². The maximum absolute atomic E-state index is 12.2. The highest BCUT2D eigenvalue weighted by atomic mass is 35.5. The lowest BCUT2D eigenvalue weighted by Crippen LogP contribution is -2.39. The molecule has 1 aliphatic rings. The Morgan fingerprint density at radius 3 is 2.81 bits per heavy atom. The number of benzene rings is 1. The smallest absolute Gasteiger partial charge is 0.225 e. The molecule has 5 heteroatoms. The predicted octanol–water partition coefficient (Wildman–Crippen LogP) is 3.16. The summed E-state index contributed by atoms with van der Waals surface area (Å²) in [6, 6.07) is 9.69. The minimum absolute atomic E-state index is 0. The van der Waals surface area contributed by atoms with Crippen LogP contribution in [0.2, 0.25) is 0 Å². The van der Waals surface area contributed by atoms with Gasteiger partial charge in [-0.05, 0) is 31.9 Å². The third kappa shape index (κ3) is 3.22. The third-order valence-electron chi connectivity index (χ3n) is 4.14. The van der Waals surface area contributed by atoms with Crippen molar-refractivity contribution in [3.8, 4) is 0 Å². The zero-order chi connectivity index (χ0) is 14.1. The fourth-order valence-corrected chi connectivity index (χ4v) is 2.92. The summed E-state index contributed by atoms with van der Waals surface area (Å²) in [5, 5.41) is 4.07. The molecule has 1 aromatic carbocycles. The van der Waals surface area contributed by atoms with Crippen molar-refractivity contribution in [2.75, 3.05) is 0 Å². The highest BCUT2D eigenvalue weighted by molar-refractivity contribution is 5.85. The van der Waals surface area contributed by atoms with Crippen LogP contribution in [0.1, 0.15) is 38.0 Å². The number of hydrogen-bond acceptors (Lipinski definition) is 3. The molecule has 3 atom stereocenters. The summed E-state index contributed by atoms with van der Waals surface area (Å²) in [6.07, 6.45) is 2.87. The standard InChI is InChI=1S/C16H20N2O2.ClH/c1-10(18-16(19)12-6-4-7-13(12)17)15-9-11-5-2-3-8-14(11)20-15;/h2-3,5,8-10,12-13H,4,6-7,17H2,1H3,(H,18,19);1H. The zero-order valence-electron chi connectivity index (χ0n) is 12.0. The van der Waals surface area contributed by atoms with E-state index in [2.05, 4.69) is 5.32 Å². The molecular formula is C16H21ClN2O2. The van der Waals surface area contributed by atoms with Crippen molar-refractivity contribution in [1.29, 1.82) is 0 Å². The van der Waals surface area contributed by atoms with Gasteiger partial charge in [0.1, 0.15) is 11.3 Å². The minimum atomic E-state index is -0.136. The average Bonchev–Trinajstić information content (AvgIpc) is 3.04. The number of amides is 1. The Bertz CT molecular complexity index is 593. The third-order valence-corrected chi connectivity index (χ3v) is 4.14. The van der Waals surface area contributed by atoms with E-state index >= 15 is 0 Å². The molecule has 3 unspecified atom stereocenters. The van der Waals surface area contributed by atoms with Gasteiger partial charge < -0.3 is 15.5 Å². The lowest BCUT2D eigenvalue weighted by Gasteiger charge is -2.18. The molecular weight excluding hydrogens is 288 g/mol. The molecule has 0 radical (unpaired) electrons. The molecule has 21 heavy (non-hydrogen) atoms. The van der Waals surface area contributed by atoms with Crippen molar-refractivity contribution in [1.82, 2.24) is 5.32 Å². The van der Waals surface area contributed by atoms with Gasteiger partial charge in [0.2, 0.25) is 5.91 Å². The van der Waals surface area contributed by atoms with Gasteiger partial charge in [-0.1, -0.05) is 24.6 Å². The maximum atomic E-state index is 12.2. The maximum Gasteiger partial charge on any atom is 0.225 e. The Morgan fingerprint density at radius 1 is 1.38 bits per heavy atom. The lowest BCUT2D eigenvalue weighted by atomic mass is 10.0. The van der Waals surface area contributed by atoms with Crippen LogP contribution in [0.5, 0.6) is 0 Å². The summed E-state index contributed by atoms with van der Waals surface area (Å²) in [5.74, 6) is 0.774. The highest BCUT2D eigenvalue weighted by Gasteiger charge is 2.31. The summed E-state index contributed by atoms with van der Waals surface area (Å²) in [6.45, 7) is 1.94. The van der Waals surface area contributed by atoms with Gasteiger partial charge in [0.25, 0.3) is 0 Å². The van der Waals surface area contributed by atoms with Crippen LogP contribution in [-0.4, -0.2) is 11.9 Å². The van der Waals surface area contributed by atoms with Crippen LogP contribution >= 0.6 is 12.4 Å². The number of fused-ring (bicyclic) bond motifs is 1.